The van der Waals surface area contributed by atoms with Gasteiger partial charge in [-0.3, -0.25) is 0 Å². The first-order valence-corrected chi connectivity index (χ1v) is 4.90. The molecule has 76 valence electrons. The third-order valence-electron chi connectivity index (χ3n) is 1.53. The Morgan fingerprint density at radius 2 is 1.58 bits per heavy atom. The number of methoxy groups -OCH3 is 1. The second-order valence-electron chi connectivity index (χ2n) is 2.37. The largest absolute Gasteiger partial charge is 0.385 e. The molecule has 0 aromatic carbocycles. The molecule has 0 aliphatic carbocycles. The molecule has 0 N–H and O–H groups in total. The Labute approximate surface area is 77.3 Å². The molecule has 1 aliphatic heterocycles. The Morgan fingerprint density at radius 1 is 1.25 bits per heavy atom. The van der Waals surface area contributed by atoms with Crippen LogP contribution in [0.5, 0.6) is 0 Å². The van der Waals surface area contributed by atoms with Crippen LogP contribution in [0.1, 0.15) is 41.0 Å². The van der Waals surface area contributed by atoms with Crippen molar-refractivity contribution in [3.05, 3.63) is 0 Å². The molecule has 1 aliphatic rings. The molecule has 2 atom stereocenters. The van der Waals surface area contributed by atoms with E-state index < -0.39 is 0 Å². The Kier molecular flexibility index (Phi) is 13.1. The standard InChI is InChI=1S/C5H10O.C3H8O.C2H6/c1-3-5-4(2)6-5;1-3-4-2;1-2/h4-5H,3H2,1-2H3;3H2,1-2H3;1-2H3. The number of hydrogen-bond acceptors (Lipinski definition) is 2. The van der Waals surface area contributed by atoms with Gasteiger partial charge in [0.1, 0.15) is 0 Å². The maximum Gasteiger partial charge on any atom is 0.0836 e. The van der Waals surface area contributed by atoms with Gasteiger partial charge in [-0.05, 0) is 20.3 Å². The van der Waals surface area contributed by atoms with Gasteiger partial charge in [-0.15, -0.1) is 0 Å². The van der Waals surface area contributed by atoms with E-state index in [1.54, 1.807) is 7.11 Å². The van der Waals surface area contributed by atoms with Crippen LogP contribution in [0.4, 0.5) is 0 Å². The monoisotopic (exact) mass is 176 g/mol. The lowest BCUT2D eigenvalue weighted by Crippen LogP contribution is -1.81. The van der Waals surface area contributed by atoms with E-state index in [0.29, 0.717) is 12.2 Å². The SMILES string of the molecule is CC.CCC1OC1C.CCOC. The summed E-state index contributed by atoms with van der Waals surface area (Å²) in [6.45, 7) is 11.0. The van der Waals surface area contributed by atoms with Crippen molar-refractivity contribution < 1.29 is 9.47 Å². The van der Waals surface area contributed by atoms with Gasteiger partial charge in [-0.1, -0.05) is 20.8 Å². The molecule has 2 unspecified atom stereocenters. The number of rotatable bonds is 2. The number of hydrogen-bond donors (Lipinski definition) is 0. The van der Waals surface area contributed by atoms with Crippen molar-refractivity contribution in [2.24, 2.45) is 0 Å². The molecular weight excluding hydrogens is 152 g/mol. The minimum absolute atomic E-state index is 0.565. The Balaban J connectivity index is 0. The van der Waals surface area contributed by atoms with Gasteiger partial charge >= 0.3 is 0 Å². The third-order valence-corrected chi connectivity index (χ3v) is 1.53. The highest BCUT2D eigenvalue weighted by Crippen LogP contribution is 2.22. The van der Waals surface area contributed by atoms with Gasteiger partial charge in [-0.2, -0.15) is 0 Å². The smallest absolute Gasteiger partial charge is 0.0836 e. The van der Waals surface area contributed by atoms with Crippen molar-refractivity contribution in [1.82, 2.24) is 0 Å². The van der Waals surface area contributed by atoms with E-state index in [1.807, 2.05) is 20.8 Å². The van der Waals surface area contributed by atoms with Crippen molar-refractivity contribution >= 4 is 0 Å². The fourth-order valence-corrected chi connectivity index (χ4v) is 0.659. The van der Waals surface area contributed by atoms with Gasteiger partial charge in [0, 0.05) is 13.7 Å². The summed E-state index contributed by atoms with van der Waals surface area (Å²) in [7, 11) is 1.68. The van der Waals surface area contributed by atoms with Gasteiger partial charge in [-0.25, -0.2) is 0 Å². The topological polar surface area (TPSA) is 21.8 Å². The number of ether oxygens (including phenoxy) is 2. The first-order valence-electron chi connectivity index (χ1n) is 4.90. The van der Waals surface area contributed by atoms with Gasteiger partial charge < -0.3 is 9.47 Å². The van der Waals surface area contributed by atoms with Gasteiger partial charge in [0.15, 0.2) is 0 Å². The fraction of sp³-hybridized carbons (Fsp3) is 1.00. The zero-order valence-electron chi connectivity index (χ0n) is 9.39. The lowest BCUT2D eigenvalue weighted by Gasteiger charge is -1.76. The number of epoxide rings is 1. The van der Waals surface area contributed by atoms with E-state index in [9.17, 15) is 0 Å². The molecule has 2 nitrogen and oxygen atoms in total. The quantitative estimate of drug-likeness (QED) is 0.603. The van der Waals surface area contributed by atoms with Crippen LogP contribution < -0.4 is 0 Å². The summed E-state index contributed by atoms with van der Waals surface area (Å²) < 4.78 is 9.61. The highest BCUT2D eigenvalue weighted by molar-refractivity contribution is 4.77. The molecule has 12 heavy (non-hydrogen) atoms. The summed E-state index contributed by atoms with van der Waals surface area (Å²) >= 11 is 0. The first-order chi connectivity index (χ1) is 5.76. The average molecular weight is 176 g/mol. The molecule has 1 fully saturated rings. The van der Waals surface area contributed by atoms with Crippen molar-refractivity contribution in [1.29, 1.82) is 0 Å². The van der Waals surface area contributed by atoms with Crippen LogP contribution in [0.2, 0.25) is 0 Å². The normalized spacial score (nSPS) is 24.5. The summed E-state index contributed by atoms with van der Waals surface area (Å²) in [6.07, 6.45) is 2.35. The molecule has 0 aromatic heterocycles. The molecular formula is C10H24O2. The van der Waals surface area contributed by atoms with Crippen LogP contribution in [0.15, 0.2) is 0 Å². The predicted octanol–water partition coefficient (Wildman–Crippen LogP) is 2.86. The van der Waals surface area contributed by atoms with Gasteiger partial charge in [0.2, 0.25) is 0 Å². The first kappa shape index (κ1) is 14.4. The van der Waals surface area contributed by atoms with Gasteiger partial charge in [0.05, 0.1) is 12.2 Å². The molecule has 1 rings (SSSR count). The highest BCUT2D eigenvalue weighted by Gasteiger charge is 2.31. The van der Waals surface area contributed by atoms with E-state index in [4.69, 9.17) is 4.74 Å². The molecule has 0 radical (unpaired) electrons. The lowest BCUT2D eigenvalue weighted by molar-refractivity contribution is 0.215. The highest BCUT2D eigenvalue weighted by atomic mass is 16.6. The van der Waals surface area contributed by atoms with Crippen LogP contribution in [0.3, 0.4) is 0 Å². The van der Waals surface area contributed by atoms with Crippen molar-refractivity contribution in [2.75, 3.05) is 13.7 Å². The summed E-state index contributed by atoms with van der Waals surface area (Å²) in [5, 5.41) is 0. The lowest BCUT2D eigenvalue weighted by atomic mass is 10.3. The molecule has 0 aromatic rings. The Hall–Kier alpha value is -0.0800. The van der Waals surface area contributed by atoms with E-state index >= 15 is 0 Å². The molecule has 0 saturated carbocycles. The maximum absolute atomic E-state index is 5.07. The summed E-state index contributed by atoms with van der Waals surface area (Å²) in [5.41, 5.74) is 0. The predicted molar refractivity (Wildman–Crippen MR) is 53.5 cm³/mol. The van der Waals surface area contributed by atoms with Crippen LogP contribution >= 0.6 is 0 Å². The summed E-state index contributed by atoms with van der Waals surface area (Å²) in [4.78, 5) is 0. The third kappa shape index (κ3) is 9.92. The second-order valence-corrected chi connectivity index (χ2v) is 2.37. The van der Waals surface area contributed by atoms with Crippen molar-refractivity contribution in [2.45, 2.75) is 53.2 Å². The van der Waals surface area contributed by atoms with E-state index in [2.05, 4.69) is 18.6 Å². The van der Waals surface area contributed by atoms with Gasteiger partial charge in [0.25, 0.3) is 0 Å². The molecule has 1 saturated heterocycles. The Bertz CT molecular complexity index is 70.2. The molecule has 0 bridgehead atoms. The van der Waals surface area contributed by atoms with Crippen LogP contribution in [-0.4, -0.2) is 25.9 Å². The second kappa shape index (κ2) is 10.9. The van der Waals surface area contributed by atoms with Crippen molar-refractivity contribution in [3.8, 4) is 0 Å². The maximum atomic E-state index is 5.07. The van der Waals surface area contributed by atoms with E-state index in [0.717, 1.165) is 6.61 Å². The van der Waals surface area contributed by atoms with Crippen LogP contribution in [0, 0.1) is 0 Å². The Morgan fingerprint density at radius 3 is 1.58 bits per heavy atom. The minimum atomic E-state index is 0.565. The summed E-state index contributed by atoms with van der Waals surface area (Å²) in [5.74, 6) is 0. The average Bonchev–Trinajstić information content (AvgIpc) is 2.86. The van der Waals surface area contributed by atoms with Crippen LogP contribution in [0.25, 0.3) is 0 Å². The summed E-state index contributed by atoms with van der Waals surface area (Å²) in [6, 6.07) is 0. The van der Waals surface area contributed by atoms with Crippen molar-refractivity contribution in [3.63, 3.8) is 0 Å². The minimum Gasteiger partial charge on any atom is -0.385 e. The molecule has 0 spiro atoms. The van der Waals surface area contributed by atoms with Crippen LogP contribution in [-0.2, 0) is 9.47 Å². The molecule has 2 heteroatoms. The molecule has 1 heterocycles. The molecule has 0 amide bonds. The van der Waals surface area contributed by atoms with E-state index in [1.165, 1.54) is 6.42 Å². The fourth-order valence-electron chi connectivity index (χ4n) is 0.659. The van der Waals surface area contributed by atoms with E-state index in [-0.39, 0.29) is 0 Å². The zero-order chi connectivity index (χ0) is 9.98. The zero-order valence-corrected chi connectivity index (χ0v) is 9.39.